The van der Waals surface area contributed by atoms with Crippen molar-refractivity contribution in [2.75, 3.05) is 26.2 Å². The molecule has 1 aromatic heterocycles. The van der Waals surface area contributed by atoms with E-state index in [1.54, 1.807) is 6.20 Å². The van der Waals surface area contributed by atoms with Crippen molar-refractivity contribution in [3.8, 4) is 5.75 Å². The number of nitrogens with zero attached hydrogens (tertiary/aromatic N) is 2. The van der Waals surface area contributed by atoms with Gasteiger partial charge in [0.25, 0.3) is 0 Å². The van der Waals surface area contributed by atoms with Crippen LogP contribution >= 0.6 is 0 Å². The molecule has 6 nitrogen and oxygen atoms in total. The number of aromatic nitrogens is 2. The molecule has 2 aromatic rings. The second kappa shape index (κ2) is 8.05. The van der Waals surface area contributed by atoms with Gasteiger partial charge in [0.15, 0.2) is 0 Å². The third-order valence-electron chi connectivity index (χ3n) is 4.72. The fourth-order valence-corrected chi connectivity index (χ4v) is 3.18. The van der Waals surface area contributed by atoms with Gasteiger partial charge in [0.05, 0.1) is 6.54 Å². The molecule has 1 fully saturated rings. The first kappa shape index (κ1) is 17.3. The van der Waals surface area contributed by atoms with Crippen LogP contribution in [0.4, 0.5) is 4.79 Å². The Balaban J connectivity index is 1.38. The molecule has 0 atom stereocenters. The normalized spacial score (nSPS) is 15.2. The van der Waals surface area contributed by atoms with Gasteiger partial charge >= 0.3 is 6.03 Å². The highest BCUT2D eigenvalue weighted by atomic mass is 16.5. The highest BCUT2D eigenvalue weighted by molar-refractivity contribution is 5.74. The van der Waals surface area contributed by atoms with Gasteiger partial charge in [-0.15, -0.1) is 0 Å². The molecule has 0 spiro atoms. The van der Waals surface area contributed by atoms with Crippen LogP contribution in [0.1, 0.15) is 35.6 Å². The number of urea groups is 1. The van der Waals surface area contributed by atoms with Gasteiger partial charge in [-0.1, -0.05) is 12.1 Å². The van der Waals surface area contributed by atoms with E-state index in [2.05, 4.69) is 21.6 Å². The van der Waals surface area contributed by atoms with E-state index in [4.69, 9.17) is 4.74 Å². The summed E-state index contributed by atoms with van der Waals surface area (Å²) in [5.41, 5.74) is 3.45. The zero-order valence-corrected chi connectivity index (χ0v) is 14.9. The molecule has 25 heavy (non-hydrogen) atoms. The number of likely N-dealkylation sites (tertiary alicyclic amines) is 1. The second-order valence-electron chi connectivity index (χ2n) is 6.62. The minimum absolute atomic E-state index is 0.00683. The van der Waals surface area contributed by atoms with Crippen molar-refractivity contribution < 1.29 is 9.53 Å². The number of aryl methyl sites for hydroxylation is 2. The number of hydrogen-bond donors (Lipinski definition) is 2. The van der Waals surface area contributed by atoms with Gasteiger partial charge in [-0.3, -0.25) is 5.10 Å². The largest absolute Gasteiger partial charge is 0.491 e. The Morgan fingerprint density at radius 2 is 2.12 bits per heavy atom. The van der Waals surface area contributed by atoms with Gasteiger partial charge in [-0.2, -0.15) is 5.10 Å². The fourth-order valence-electron chi connectivity index (χ4n) is 3.18. The molecule has 0 saturated carbocycles. The number of carbonyl (C=O) groups excluding carboxylic acids is 1. The van der Waals surface area contributed by atoms with Gasteiger partial charge in [0.1, 0.15) is 12.4 Å². The molecule has 6 heteroatoms. The summed E-state index contributed by atoms with van der Waals surface area (Å²) in [6.07, 6.45) is 3.72. The summed E-state index contributed by atoms with van der Waals surface area (Å²) < 4.78 is 5.78. The molecule has 2 amide bonds. The number of piperidine rings is 1. The van der Waals surface area contributed by atoms with Crippen molar-refractivity contribution in [1.82, 2.24) is 20.4 Å². The van der Waals surface area contributed by atoms with Crippen LogP contribution in [-0.4, -0.2) is 47.4 Å². The van der Waals surface area contributed by atoms with Crippen LogP contribution in [0.3, 0.4) is 0 Å². The van der Waals surface area contributed by atoms with E-state index < -0.39 is 0 Å². The molecule has 0 bridgehead atoms. The van der Waals surface area contributed by atoms with Crippen LogP contribution in [0.2, 0.25) is 0 Å². The van der Waals surface area contributed by atoms with Crippen LogP contribution in [0.15, 0.2) is 30.5 Å². The molecular formula is C19H26N4O2. The van der Waals surface area contributed by atoms with Crippen LogP contribution in [0.25, 0.3) is 0 Å². The average Bonchev–Trinajstić information content (AvgIpc) is 3.16. The van der Waals surface area contributed by atoms with Crippen molar-refractivity contribution >= 4 is 6.03 Å². The molecule has 1 aliphatic rings. The van der Waals surface area contributed by atoms with Gasteiger partial charge in [0, 0.05) is 30.9 Å². The smallest absolute Gasteiger partial charge is 0.317 e. The third-order valence-corrected chi connectivity index (χ3v) is 4.72. The summed E-state index contributed by atoms with van der Waals surface area (Å²) in [6, 6.07) is 8.15. The Kier molecular flexibility index (Phi) is 5.58. The topological polar surface area (TPSA) is 70.2 Å². The molecule has 1 saturated heterocycles. The molecule has 1 aromatic carbocycles. The number of aromatic amines is 1. The van der Waals surface area contributed by atoms with Crippen LogP contribution < -0.4 is 10.1 Å². The first-order chi connectivity index (χ1) is 12.1. The van der Waals surface area contributed by atoms with Crippen LogP contribution in [-0.2, 0) is 0 Å². The Morgan fingerprint density at radius 1 is 1.32 bits per heavy atom. The van der Waals surface area contributed by atoms with E-state index in [0.717, 1.165) is 37.2 Å². The highest BCUT2D eigenvalue weighted by Crippen LogP contribution is 2.26. The predicted molar refractivity (Wildman–Crippen MR) is 96.9 cm³/mol. The van der Waals surface area contributed by atoms with E-state index in [1.807, 2.05) is 36.9 Å². The minimum atomic E-state index is -0.00683. The van der Waals surface area contributed by atoms with Gasteiger partial charge in [-0.05, 0) is 49.9 Å². The maximum Gasteiger partial charge on any atom is 0.317 e. The summed E-state index contributed by atoms with van der Waals surface area (Å²) in [4.78, 5) is 14.1. The zero-order chi connectivity index (χ0) is 17.6. The summed E-state index contributed by atoms with van der Waals surface area (Å²) in [5, 5.41) is 9.99. The van der Waals surface area contributed by atoms with Crippen molar-refractivity contribution in [3.63, 3.8) is 0 Å². The van der Waals surface area contributed by atoms with Crippen LogP contribution in [0.5, 0.6) is 5.75 Å². The second-order valence-corrected chi connectivity index (χ2v) is 6.62. The summed E-state index contributed by atoms with van der Waals surface area (Å²) >= 11 is 0. The minimum Gasteiger partial charge on any atom is -0.491 e. The monoisotopic (exact) mass is 342 g/mol. The number of nitrogens with one attached hydrogen (secondary N) is 2. The summed E-state index contributed by atoms with van der Waals surface area (Å²) in [5.74, 6) is 1.36. The lowest BCUT2D eigenvalue weighted by Gasteiger charge is -2.31. The number of rotatable bonds is 5. The van der Waals surface area contributed by atoms with E-state index in [1.165, 1.54) is 11.3 Å². The van der Waals surface area contributed by atoms with E-state index in [9.17, 15) is 4.79 Å². The SMILES string of the molecule is Cc1ccc(C)c(OCCNC(=O)N2CCC(c3ccn[nH]3)CC2)c1. The quantitative estimate of drug-likeness (QED) is 0.821. The molecule has 3 rings (SSSR count). The first-order valence-electron chi connectivity index (χ1n) is 8.85. The lowest BCUT2D eigenvalue weighted by molar-refractivity contribution is 0.178. The fraction of sp³-hybridized carbons (Fsp3) is 0.474. The molecular weight excluding hydrogens is 316 g/mol. The molecule has 1 aliphatic heterocycles. The molecule has 0 unspecified atom stereocenters. The third kappa shape index (κ3) is 4.53. The van der Waals surface area contributed by atoms with Crippen LogP contribution in [0, 0.1) is 13.8 Å². The molecule has 2 heterocycles. The van der Waals surface area contributed by atoms with Crippen molar-refractivity contribution in [2.24, 2.45) is 0 Å². The van der Waals surface area contributed by atoms with Crippen molar-refractivity contribution in [2.45, 2.75) is 32.6 Å². The Morgan fingerprint density at radius 3 is 2.84 bits per heavy atom. The van der Waals surface area contributed by atoms with E-state index in [-0.39, 0.29) is 6.03 Å². The molecule has 0 radical (unpaired) electrons. The first-order valence-corrected chi connectivity index (χ1v) is 8.85. The Labute approximate surface area is 148 Å². The number of hydrogen-bond acceptors (Lipinski definition) is 3. The zero-order valence-electron chi connectivity index (χ0n) is 14.9. The lowest BCUT2D eigenvalue weighted by atomic mass is 9.94. The number of carbonyl (C=O) groups is 1. The standard InChI is InChI=1S/C19H26N4O2/c1-14-3-4-15(2)18(13-14)25-12-9-20-19(24)23-10-6-16(7-11-23)17-5-8-21-22-17/h3-5,8,13,16H,6-7,9-12H2,1-2H3,(H,20,24)(H,21,22). The van der Waals surface area contributed by atoms with E-state index >= 15 is 0 Å². The number of ether oxygens (including phenoxy) is 1. The lowest BCUT2D eigenvalue weighted by Crippen LogP contribution is -2.45. The maximum atomic E-state index is 12.3. The number of benzene rings is 1. The molecule has 2 N–H and O–H groups in total. The maximum absolute atomic E-state index is 12.3. The number of amides is 2. The summed E-state index contributed by atoms with van der Waals surface area (Å²) in [6.45, 7) is 6.59. The number of H-pyrrole nitrogens is 1. The van der Waals surface area contributed by atoms with Gasteiger partial charge in [0.2, 0.25) is 0 Å². The predicted octanol–water partition coefficient (Wildman–Crippen LogP) is 2.99. The van der Waals surface area contributed by atoms with Gasteiger partial charge in [-0.25, -0.2) is 4.79 Å². The van der Waals surface area contributed by atoms with E-state index in [0.29, 0.717) is 19.1 Å². The molecule has 0 aliphatic carbocycles. The van der Waals surface area contributed by atoms with Gasteiger partial charge < -0.3 is 15.0 Å². The molecule has 134 valence electrons. The Hall–Kier alpha value is -2.50. The average molecular weight is 342 g/mol. The summed E-state index contributed by atoms with van der Waals surface area (Å²) in [7, 11) is 0. The Bertz CT molecular complexity index is 691. The highest BCUT2D eigenvalue weighted by Gasteiger charge is 2.24. The van der Waals surface area contributed by atoms with Crippen molar-refractivity contribution in [3.05, 3.63) is 47.3 Å². The van der Waals surface area contributed by atoms with Crippen molar-refractivity contribution in [1.29, 1.82) is 0 Å².